The summed E-state index contributed by atoms with van der Waals surface area (Å²) in [6, 6.07) is 8.11. The number of carbonyl (C=O) groups is 2. The van der Waals surface area contributed by atoms with Gasteiger partial charge in [-0.2, -0.15) is 0 Å². The molecule has 0 saturated carbocycles. The molecule has 6 nitrogen and oxygen atoms in total. The number of aryl methyl sites for hydroxylation is 1. The fourth-order valence-electron chi connectivity index (χ4n) is 2.35. The fourth-order valence-corrected chi connectivity index (χ4v) is 2.35. The van der Waals surface area contributed by atoms with Gasteiger partial charge in [-0.15, -0.1) is 0 Å². The van der Waals surface area contributed by atoms with Gasteiger partial charge >= 0.3 is 6.03 Å². The Balaban J connectivity index is 2.60. The lowest BCUT2D eigenvalue weighted by molar-refractivity contribution is -0.120. The molecule has 23 heavy (non-hydrogen) atoms. The lowest BCUT2D eigenvalue weighted by Crippen LogP contribution is -2.42. The van der Waals surface area contributed by atoms with E-state index in [1.54, 1.807) is 14.1 Å². The summed E-state index contributed by atoms with van der Waals surface area (Å²) < 4.78 is 0. The van der Waals surface area contributed by atoms with Crippen LogP contribution in [0.4, 0.5) is 4.79 Å². The van der Waals surface area contributed by atoms with Crippen LogP contribution in [-0.2, 0) is 4.79 Å². The van der Waals surface area contributed by atoms with Crippen LogP contribution in [0.2, 0.25) is 0 Å². The zero-order valence-electron chi connectivity index (χ0n) is 14.7. The van der Waals surface area contributed by atoms with Crippen LogP contribution in [0.5, 0.6) is 0 Å². The molecule has 0 spiro atoms. The van der Waals surface area contributed by atoms with Gasteiger partial charge < -0.3 is 20.4 Å². The molecule has 1 unspecified atom stereocenters. The molecule has 0 aliphatic rings. The Morgan fingerprint density at radius 2 is 1.83 bits per heavy atom. The summed E-state index contributed by atoms with van der Waals surface area (Å²) >= 11 is 0. The van der Waals surface area contributed by atoms with Gasteiger partial charge in [-0.1, -0.05) is 24.3 Å². The number of nitrogens with zero attached hydrogens (tertiary/aromatic N) is 2. The molecule has 3 amide bonds. The van der Waals surface area contributed by atoms with Gasteiger partial charge in [0, 0.05) is 33.6 Å². The number of hydrogen-bond donors (Lipinski definition) is 2. The zero-order chi connectivity index (χ0) is 17.4. The summed E-state index contributed by atoms with van der Waals surface area (Å²) in [5.74, 6) is -0.0734. The van der Waals surface area contributed by atoms with E-state index in [-0.39, 0.29) is 18.0 Å². The molecule has 1 rings (SSSR count). The Labute approximate surface area is 138 Å². The summed E-state index contributed by atoms with van der Waals surface area (Å²) in [4.78, 5) is 27.0. The number of amides is 3. The van der Waals surface area contributed by atoms with E-state index in [1.165, 1.54) is 16.0 Å². The molecular weight excluding hydrogens is 292 g/mol. The number of nitrogens with one attached hydrogen (secondary N) is 2. The molecule has 0 aliphatic heterocycles. The molecule has 0 bridgehead atoms. The van der Waals surface area contributed by atoms with E-state index in [2.05, 4.69) is 34.6 Å². The molecule has 0 saturated heterocycles. The van der Waals surface area contributed by atoms with Crippen molar-refractivity contribution in [3.8, 4) is 0 Å². The molecular formula is C17H28N4O2. The Morgan fingerprint density at radius 3 is 2.39 bits per heavy atom. The average Bonchev–Trinajstić information content (AvgIpc) is 2.53. The maximum absolute atomic E-state index is 12.2. The first-order valence-corrected chi connectivity index (χ1v) is 7.78. The summed E-state index contributed by atoms with van der Waals surface area (Å²) in [5, 5.41) is 5.49. The zero-order valence-corrected chi connectivity index (χ0v) is 14.7. The summed E-state index contributed by atoms with van der Waals surface area (Å²) in [7, 11) is 7.28. The van der Waals surface area contributed by atoms with Crippen molar-refractivity contribution >= 4 is 11.9 Å². The summed E-state index contributed by atoms with van der Waals surface area (Å²) in [6.07, 6.45) is 0.301. The highest BCUT2D eigenvalue weighted by Crippen LogP contribution is 2.20. The predicted octanol–water partition coefficient (Wildman–Crippen LogP) is 1.38. The Kier molecular flexibility index (Phi) is 7.54. The van der Waals surface area contributed by atoms with Gasteiger partial charge in [0.15, 0.2) is 0 Å². The minimum atomic E-state index is -0.172. The molecule has 0 radical (unpaired) electrons. The fraction of sp³-hybridized carbons (Fsp3) is 0.529. The predicted molar refractivity (Wildman–Crippen MR) is 92.3 cm³/mol. The highest BCUT2D eigenvalue weighted by molar-refractivity contribution is 5.77. The molecule has 6 heteroatoms. The van der Waals surface area contributed by atoms with Crippen molar-refractivity contribution < 1.29 is 9.59 Å². The van der Waals surface area contributed by atoms with E-state index in [4.69, 9.17) is 0 Å². The van der Waals surface area contributed by atoms with E-state index in [1.807, 2.05) is 26.2 Å². The second kappa shape index (κ2) is 9.15. The topological polar surface area (TPSA) is 64.7 Å². The number of likely N-dealkylation sites (N-methyl/N-ethyl adjacent to an activating group) is 1. The van der Waals surface area contributed by atoms with Gasteiger partial charge in [0.25, 0.3) is 0 Å². The summed E-state index contributed by atoms with van der Waals surface area (Å²) in [6.45, 7) is 2.98. The second-order valence-electron chi connectivity index (χ2n) is 5.87. The van der Waals surface area contributed by atoms with Crippen molar-refractivity contribution in [1.82, 2.24) is 20.4 Å². The molecule has 0 fully saturated rings. The van der Waals surface area contributed by atoms with Crippen LogP contribution in [0.15, 0.2) is 24.3 Å². The van der Waals surface area contributed by atoms with Gasteiger partial charge in [0.2, 0.25) is 5.91 Å². The highest BCUT2D eigenvalue weighted by atomic mass is 16.2. The third-order valence-corrected chi connectivity index (χ3v) is 3.92. The van der Waals surface area contributed by atoms with Crippen LogP contribution in [0.3, 0.4) is 0 Å². The molecule has 0 aromatic heterocycles. The van der Waals surface area contributed by atoms with Crippen LogP contribution in [0.1, 0.15) is 23.6 Å². The molecule has 0 heterocycles. The van der Waals surface area contributed by atoms with Gasteiger partial charge in [-0.05, 0) is 32.1 Å². The maximum atomic E-state index is 12.2. The Bertz CT molecular complexity index is 531. The normalized spacial score (nSPS) is 11.9. The number of carbonyl (C=O) groups excluding carboxylic acids is 2. The molecule has 0 aliphatic carbocycles. The minimum absolute atomic E-state index is 0.0734. The Hall–Kier alpha value is -2.08. The van der Waals surface area contributed by atoms with Crippen LogP contribution >= 0.6 is 0 Å². The van der Waals surface area contributed by atoms with Crippen LogP contribution in [0, 0.1) is 6.92 Å². The van der Waals surface area contributed by atoms with Gasteiger partial charge in [-0.3, -0.25) is 4.79 Å². The smallest absolute Gasteiger partial charge is 0.317 e. The van der Waals surface area contributed by atoms with E-state index >= 15 is 0 Å². The summed E-state index contributed by atoms with van der Waals surface area (Å²) in [5.41, 5.74) is 2.40. The van der Waals surface area contributed by atoms with Crippen LogP contribution in [-0.4, -0.2) is 63.0 Å². The second-order valence-corrected chi connectivity index (χ2v) is 5.87. The van der Waals surface area contributed by atoms with Gasteiger partial charge in [0.05, 0.1) is 6.04 Å². The number of rotatable bonds is 7. The number of hydrogen-bond acceptors (Lipinski definition) is 3. The van der Waals surface area contributed by atoms with Crippen molar-refractivity contribution in [3.05, 3.63) is 35.4 Å². The van der Waals surface area contributed by atoms with E-state index in [9.17, 15) is 9.59 Å². The molecule has 1 aromatic carbocycles. The van der Waals surface area contributed by atoms with E-state index < -0.39 is 0 Å². The molecule has 128 valence electrons. The first kappa shape index (κ1) is 19.0. The van der Waals surface area contributed by atoms with Crippen molar-refractivity contribution in [2.45, 2.75) is 19.4 Å². The molecule has 1 atom stereocenters. The SMILES string of the molecule is CNC(=O)CCN(C)C(=O)NCC(c1ccccc1C)N(C)C. The van der Waals surface area contributed by atoms with Crippen molar-refractivity contribution in [2.24, 2.45) is 0 Å². The first-order valence-electron chi connectivity index (χ1n) is 7.78. The van der Waals surface area contributed by atoms with Crippen molar-refractivity contribution in [1.29, 1.82) is 0 Å². The quantitative estimate of drug-likeness (QED) is 0.798. The van der Waals surface area contributed by atoms with Gasteiger partial charge in [-0.25, -0.2) is 4.79 Å². The minimum Gasteiger partial charge on any atom is -0.359 e. The first-order chi connectivity index (χ1) is 10.9. The molecule has 2 N–H and O–H groups in total. The van der Waals surface area contributed by atoms with Gasteiger partial charge in [0.1, 0.15) is 0 Å². The monoisotopic (exact) mass is 320 g/mol. The largest absolute Gasteiger partial charge is 0.359 e. The lowest BCUT2D eigenvalue weighted by Gasteiger charge is -2.27. The van der Waals surface area contributed by atoms with Crippen LogP contribution < -0.4 is 10.6 Å². The molecule has 1 aromatic rings. The third kappa shape index (κ3) is 5.90. The maximum Gasteiger partial charge on any atom is 0.317 e. The van der Waals surface area contributed by atoms with Crippen molar-refractivity contribution in [3.63, 3.8) is 0 Å². The van der Waals surface area contributed by atoms with E-state index in [0.29, 0.717) is 19.5 Å². The number of benzene rings is 1. The Morgan fingerprint density at radius 1 is 1.17 bits per heavy atom. The lowest BCUT2D eigenvalue weighted by atomic mass is 10.0. The number of urea groups is 1. The van der Waals surface area contributed by atoms with Crippen molar-refractivity contribution in [2.75, 3.05) is 41.3 Å². The average molecular weight is 320 g/mol. The van der Waals surface area contributed by atoms with E-state index in [0.717, 1.165) is 0 Å². The third-order valence-electron chi connectivity index (χ3n) is 3.92. The standard InChI is InChI=1S/C17H28N4O2/c1-13-8-6-7-9-14(13)15(20(3)4)12-19-17(23)21(5)11-10-16(22)18-2/h6-9,15H,10-12H2,1-5H3,(H,18,22)(H,19,23). The highest BCUT2D eigenvalue weighted by Gasteiger charge is 2.18. The van der Waals surface area contributed by atoms with Crippen LogP contribution in [0.25, 0.3) is 0 Å².